The van der Waals surface area contributed by atoms with Crippen LogP contribution >= 0.6 is 23.5 Å². The van der Waals surface area contributed by atoms with Gasteiger partial charge >= 0.3 is 5.97 Å². The third-order valence-electron chi connectivity index (χ3n) is 8.90. The molecule has 0 spiro atoms. The Labute approximate surface area is 335 Å². The summed E-state index contributed by atoms with van der Waals surface area (Å²) in [5, 5.41) is 25.6. The SMILES string of the molecule is CCOCC(=O)[C@H](CCC(=O)OCC)NCC(O)COc1c(C(C)(C)C)cc(SC(C)(C)Sc2cc(C(C)(C)C)c(O)c(C(C)(C)C)c2)cc1C(C)(C)C. The van der Waals surface area contributed by atoms with Crippen LogP contribution in [0.1, 0.15) is 146 Å². The number of phenols is 1. The van der Waals surface area contributed by atoms with Gasteiger partial charge in [0.05, 0.1) is 16.7 Å². The molecule has 0 aliphatic rings. The molecule has 10 heteroatoms. The van der Waals surface area contributed by atoms with Gasteiger partial charge in [0, 0.05) is 51.6 Å². The maximum absolute atomic E-state index is 12.9. The summed E-state index contributed by atoms with van der Waals surface area (Å²) >= 11 is 3.60. The molecule has 2 aromatic carbocycles. The number of Topliss-reactive ketones (excluding diaryl/α,β-unsaturated/α-hetero) is 1. The smallest absolute Gasteiger partial charge is 0.305 e. The molecule has 0 bridgehead atoms. The molecule has 2 aromatic rings. The van der Waals surface area contributed by atoms with Crippen molar-refractivity contribution >= 4 is 35.3 Å². The first-order chi connectivity index (χ1) is 24.6. The number of esters is 1. The molecular formula is C44H71NO7S2. The van der Waals surface area contributed by atoms with Crippen LogP contribution in [0.2, 0.25) is 0 Å². The van der Waals surface area contributed by atoms with Crippen LogP contribution in [0.5, 0.6) is 11.5 Å². The zero-order chi connectivity index (χ0) is 41.4. The molecule has 0 amide bonds. The van der Waals surface area contributed by atoms with Gasteiger partial charge in [0.25, 0.3) is 0 Å². The highest BCUT2D eigenvalue weighted by atomic mass is 32.2. The van der Waals surface area contributed by atoms with Crippen molar-refractivity contribution < 1.29 is 34.0 Å². The largest absolute Gasteiger partial charge is 0.507 e. The number of ether oxygens (including phenoxy) is 3. The minimum atomic E-state index is -0.915. The summed E-state index contributed by atoms with van der Waals surface area (Å²) in [6, 6.07) is 8.07. The van der Waals surface area contributed by atoms with Crippen molar-refractivity contribution in [1.82, 2.24) is 5.32 Å². The average molecular weight is 790 g/mol. The van der Waals surface area contributed by atoms with Crippen molar-refractivity contribution in [2.75, 3.05) is 33.0 Å². The zero-order valence-corrected chi connectivity index (χ0v) is 37.8. The number of aliphatic hydroxyl groups is 1. The number of thioether (sulfide) groups is 2. The lowest BCUT2D eigenvalue weighted by atomic mass is 9.79. The van der Waals surface area contributed by atoms with E-state index in [2.05, 4.69) is 127 Å². The molecule has 8 nitrogen and oxygen atoms in total. The monoisotopic (exact) mass is 789 g/mol. The topological polar surface area (TPSA) is 114 Å². The Hall–Kier alpha value is -2.24. The van der Waals surface area contributed by atoms with E-state index in [4.69, 9.17) is 14.2 Å². The van der Waals surface area contributed by atoms with E-state index in [0.717, 1.165) is 37.8 Å². The number of benzene rings is 2. The maximum Gasteiger partial charge on any atom is 0.305 e. The summed E-state index contributed by atoms with van der Waals surface area (Å²) in [5.41, 5.74) is 3.03. The number of carbonyl (C=O) groups excluding carboxylic acids is 2. The van der Waals surface area contributed by atoms with E-state index in [1.807, 2.05) is 6.92 Å². The summed E-state index contributed by atoms with van der Waals surface area (Å²) in [6.07, 6.45) is -0.581. The van der Waals surface area contributed by atoms with E-state index in [0.29, 0.717) is 12.4 Å². The van der Waals surface area contributed by atoms with E-state index < -0.39 is 12.1 Å². The predicted octanol–water partition coefficient (Wildman–Crippen LogP) is 9.85. The summed E-state index contributed by atoms with van der Waals surface area (Å²) in [5.74, 6) is 0.603. The summed E-state index contributed by atoms with van der Waals surface area (Å²) in [4.78, 5) is 27.1. The van der Waals surface area contributed by atoms with Crippen LogP contribution < -0.4 is 10.1 Å². The van der Waals surface area contributed by atoms with E-state index >= 15 is 0 Å². The van der Waals surface area contributed by atoms with Gasteiger partial charge in [0.15, 0.2) is 5.78 Å². The molecule has 0 radical (unpaired) electrons. The second-order valence-corrected chi connectivity index (χ2v) is 22.3. The molecule has 0 aliphatic carbocycles. The van der Waals surface area contributed by atoms with Crippen LogP contribution in [0.4, 0.5) is 0 Å². The Kier molecular flexibility index (Phi) is 17.1. The lowest BCUT2D eigenvalue weighted by molar-refractivity contribution is -0.143. The fourth-order valence-corrected chi connectivity index (χ4v) is 8.61. The number of ketones is 1. The van der Waals surface area contributed by atoms with Crippen LogP contribution in [-0.4, -0.2) is 71.2 Å². The molecule has 0 saturated heterocycles. The highest BCUT2D eigenvalue weighted by Crippen LogP contribution is 2.51. The predicted molar refractivity (Wildman–Crippen MR) is 226 cm³/mol. The summed E-state index contributed by atoms with van der Waals surface area (Å²) < 4.78 is 16.7. The number of carbonyl (C=O) groups is 2. The van der Waals surface area contributed by atoms with E-state index in [9.17, 15) is 19.8 Å². The Bertz CT molecular complexity index is 1490. The van der Waals surface area contributed by atoms with Gasteiger partial charge in [0.1, 0.15) is 30.8 Å². The number of rotatable bonds is 18. The summed E-state index contributed by atoms with van der Waals surface area (Å²) in [7, 11) is 0. The van der Waals surface area contributed by atoms with Crippen LogP contribution in [0, 0.1) is 0 Å². The first kappa shape index (κ1) is 47.9. The third kappa shape index (κ3) is 14.7. The first-order valence-corrected chi connectivity index (χ1v) is 21.0. The number of hydrogen-bond acceptors (Lipinski definition) is 10. The quantitative estimate of drug-likeness (QED) is 0.0766. The van der Waals surface area contributed by atoms with Gasteiger partial charge in [-0.3, -0.25) is 9.59 Å². The number of hydrogen-bond donors (Lipinski definition) is 3. The molecule has 0 aliphatic heterocycles. The molecule has 2 atom stereocenters. The molecule has 3 N–H and O–H groups in total. The maximum atomic E-state index is 12.9. The highest BCUT2D eigenvalue weighted by molar-refractivity contribution is 8.18. The van der Waals surface area contributed by atoms with Crippen LogP contribution in [0.15, 0.2) is 34.1 Å². The van der Waals surface area contributed by atoms with Crippen molar-refractivity contribution in [3.63, 3.8) is 0 Å². The lowest BCUT2D eigenvalue weighted by Gasteiger charge is -2.33. The molecule has 0 aromatic heterocycles. The van der Waals surface area contributed by atoms with Crippen molar-refractivity contribution in [2.24, 2.45) is 0 Å². The lowest BCUT2D eigenvalue weighted by Crippen LogP contribution is -2.44. The summed E-state index contributed by atoms with van der Waals surface area (Å²) in [6.45, 7) is 34.6. The van der Waals surface area contributed by atoms with Crippen LogP contribution in [-0.2, 0) is 40.7 Å². The number of phenolic OH excluding ortho intramolecular Hbond substituents is 1. The first-order valence-electron chi connectivity index (χ1n) is 19.4. The highest BCUT2D eigenvalue weighted by Gasteiger charge is 2.32. The molecule has 1 unspecified atom stereocenters. The van der Waals surface area contributed by atoms with E-state index in [-0.39, 0.29) is 76.7 Å². The fourth-order valence-electron chi connectivity index (χ4n) is 6.02. The van der Waals surface area contributed by atoms with Gasteiger partial charge in [0.2, 0.25) is 0 Å². The second-order valence-electron chi connectivity index (χ2n) is 18.7. The Morgan fingerprint density at radius 1 is 0.722 bits per heavy atom. The van der Waals surface area contributed by atoms with Crippen molar-refractivity contribution in [1.29, 1.82) is 0 Å². The second kappa shape index (κ2) is 19.3. The average Bonchev–Trinajstić information content (AvgIpc) is 3.01. The minimum Gasteiger partial charge on any atom is -0.507 e. The standard InChI is InChI=1S/C44H71NO7S2/c1-17-50-27-36(47)35(19-20-37(48)51-18-2)45-25-28(46)26-52-39-33(42(9,10)11)23-30(24-34(39)43(12,13)14)54-44(15,16)53-29-21-31(40(3,4)5)38(49)32(22-29)41(6,7)8/h21-24,28,35,45-46,49H,17-20,25-27H2,1-16H3/t28?,35-/m0/s1. The zero-order valence-electron chi connectivity index (χ0n) is 36.2. The molecule has 0 heterocycles. The molecule has 0 saturated carbocycles. The van der Waals surface area contributed by atoms with Gasteiger partial charge < -0.3 is 29.7 Å². The Morgan fingerprint density at radius 2 is 1.17 bits per heavy atom. The molecule has 0 fully saturated rings. The number of nitrogens with one attached hydrogen (secondary N) is 1. The molecule has 54 heavy (non-hydrogen) atoms. The van der Waals surface area contributed by atoms with E-state index in [1.165, 1.54) is 0 Å². The van der Waals surface area contributed by atoms with Crippen molar-refractivity contribution in [3.05, 3.63) is 46.5 Å². The fraction of sp³-hybridized carbons (Fsp3) is 0.682. The Balaban J connectivity index is 2.42. The normalized spacial score (nSPS) is 14.2. The molecule has 2 rings (SSSR count). The third-order valence-corrected chi connectivity index (χ3v) is 11.3. The van der Waals surface area contributed by atoms with Gasteiger partial charge in [-0.25, -0.2) is 0 Å². The van der Waals surface area contributed by atoms with Crippen molar-refractivity contribution in [3.8, 4) is 11.5 Å². The van der Waals surface area contributed by atoms with Gasteiger partial charge in [-0.15, -0.1) is 23.5 Å². The Morgan fingerprint density at radius 3 is 1.57 bits per heavy atom. The van der Waals surface area contributed by atoms with E-state index in [1.54, 1.807) is 30.4 Å². The molecule has 306 valence electrons. The number of aromatic hydroxyl groups is 1. The van der Waals surface area contributed by atoms with Gasteiger partial charge in [-0.2, -0.15) is 0 Å². The molecular weight excluding hydrogens is 719 g/mol. The van der Waals surface area contributed by atoms with Gasteiger partial charge in [-0.05, 0) is 80.0 Å². The van der Waals surface area contributed by atoms with Gasteiger partial charge in [-0.1, -0.05) is 83.1 Å². The number of aliphatic hydroxyl groups excluding tert-OH is 1. The van der Waals surface area contributed by atoms with Crippen LogP contribution in [0.25, 0.3) is 0 Å². The van der Waals surface area contributed by atoms with Crippen molar-refractivity contribution in [2.45, 2.75) is 171 Å². The minimum absolute atomic E-state index is 0.0182. The van der Waals surface area contributed by atoms with Crippen LogP contribution in [0.3, 0.4) is 0 Å².